The average Bonchev–Trinajstić information content (AvgIpc) is 3.65. The first-order chi connectivity index (χ1) is 15.7. The Morgan fingerprint density at radius 2 is 2.12 bits per heavy atom. The van der Waals surface area contributed by atoms with Gasteiger partial charge in [-0.3, -0.25) is 9.69 Å². The fraction of sp³-hybridized carbons (Fsp3) is 0.542. The SMILES string of the molecule is CCOCOc1cc(C=O)ccc1-c1nnc(N[C@@H]2CCCN(CCO)C2)cc1C1CC1. The third-order valence-corrected chi connectivity index (χ3v) is 6.01. The van der Waals surface area contributed by atoms with E-state index in [1.807, 2.05) is 13.0 Å². The van der Waals surface area contributed by atoms with Crippen LogP contribution in [0.5, 0.6) is 5.75 Å². The summed E-state index contributed by atoms with van der Waals surface area (Å²) in [6.45, 7) is 5.38. The van der Waals surface area contributed by atoms with E-state index >= 15 is 0 Å². The normalized spacial score (nSPS) is 19.0. The summed E-state index contributed by atoms with van der Waals surface area (Å²) in [4.78, 5) is 13.6. The van der Waals surface area contributed by atoms with Crippen molar-refractivity contribution in [2.75, 3.05) is 45.0 Å². The summed E-state index contributed by atoms with van der Waals surface area (Å²) >= 11 is 0. The van der Waals surface area contributed by atoms with E-state index in [1.165, 1.54) is 0 Å². The molecule has 32 heavy (non-hydrogen) atoms. The van der Waals surface area contributed by atoms with Gasteiger partial charge in [-0.2, -0.15) is 0 Å². The number of nitrogens with one attached hydrogen (secondary N) is 1. The Kier molecular flexibility index (Phi) is 7.68. The molecule has 0 radical (unpaired) electrons. The first kappa shape index (κ1) is 22.6. The molecule has 0 amide bonds. The number of β-amino-alcohol motifs (C(OH)–C–C–N with tert-alkyl or cyclic N) is 1. The molecular formula is C24H32N4O4. The minimum absolute atomic E-state index is 0.115. The summed E-state index contributed by atoms with van der Waals surface area (Å²) in [5.41, 5.74) is 3.32. The predicted molar refractivity (Wildman–Crippen MR) is 122 cm³/mol. The van der Waals surface area contributed by atoms with Crippen molar-refractivity contribution >= 4 is 12.1 Å². The zero-order valence-corrected chi connectivity index (χ0v) is 18.6. The highest BCUT2D eigenvalue weighted by Crippen LogP contribution is 2.45. The van der Waals surface area contributed by atoms with Crippen LogP contribution in [-0.2, 0) is 4.74 Å². The van der Waals surface area contributed by atoms with Gasteiger partial charge in [0.1, 0.15) is 23.5 Å². The summed E-state index contributed by atoms with van der Waals surface area (Å²) in [5, 5.41) is 21.9. The second-order valence-corrected chi connectivity index (χ2v) is 8.44. The summed E-state index contributed by atoms with van der Waals surface area (Å²) in [6.07, 6.45) is 5.25. The number of benzene rings is 1. The van der Waals surface area contributed by atoms with Crippen molar-refractivity contribution in [2.24, 2.45) is 0 Å². The van der Waals surface area contributed by atoms with Gasteiger partial charge in [-0.1, -0.05) is 6.07 Å². The van der Waals surface area contributed by atoms with Gasteiger partial charge in [0.05, 0.1) is 6.61 Å². The highest BCUT2D eigenvalue weighted by Gasteiger charge is 2.30. The van der Waals surface area contributed by atoms with Gasteiger partial charge in [-0.25, -0.2) is 0 Å². The van der Waals surface area contributed by atoms with Gasteiger partial charge in [0.25, 0.3) is 0 Å². The summed E-state index contributed by atoms with van der Waals surface area (Å²) in [7, 11) is 0. The Morgan fingerprint density at radius 3 is 2.88 bits per heavy atom. The maximum Gasteiger partial charge on any atom is 0.189 e. The standard InChI is InChI=1S/C24H32N4O4/c1-2-31-16-32-22-12-17(15-30)5-8-20(22)24-21(18-6-7-18)13-23(26-27-24)25-19-4-3-9-28(14-19)10-11-29/h5,8,12-13,15,18-19,29H,2-4,6-7,9-11,14,16H2,1H3,(H,25,26)/t19-/m1/s1. The molecule has 2 heterocycles. The molecule has 2 fully saturated rings. The Labute approximate surface area is 188 Å². The number of aliphatic hydroxyl groups is 1. The maximum absolute atomic E-state index is 11.3. The Bertz CT molecular complexity index is 917. The van der Waals surface area contributed by atoms with Crippen LogP contribution < -0.4 is 10.1 Å². The second kappa shape index (κ2) is 10.8. The van der Waals surface area contributed by atoms with Crippen LogP contribution >= 0.6 is 0 Å². The molecule has 8 heteroatoms. The van der Waals surface area contributed by atoms with Crippen LogP contribution in [-0.4, -0.2) is 72.2 Å². The van der Waals surface area contributed by atoms with Crippen LogP contribution in [0.4, 0.5) is 5.82 Å². The summed E-state index contributed by atoms with van der Waals surface area (Å²) in [6, 6.07) is 7.79. The number of hydrogen-bond donors (Lipinski definition) is 2. The number of likely N-dealkylation sites (tertiary alicyclic amines) is 1. The first-order valence-electron chi connectivity index (χ1n) is 11.5. The summed E-state index contributed by atoms with van der Waals surface area (Å²) in [5.74, 6) is 1.82. The molecule has 2 aliphatic rings. The predicted octanol–water partition coefficient (Wildman–Crippen LogP) is 3.07. The molecule has 8 nitrogen and oxygen atoms in total. The van der Waals surface area contributed by atoms with Crippen molar-refractivity contribution in [3.8, 4) is 17.0 Å². The molecule has 1 aromatic carbocycles. The Morgan fingerprint density at radius 1 is 1.25 bits per heavy atom. The number of anilines is 1. The minimum atomic E-state index is 0.115. The molecule has 2 N–H and O–H groups in total. The summed E-state index contributed by atoms with van der Waals surface area (Å²) < 4.78 is 11.2. The molecule has 0 bridgehead atoms. The average molecular weight is 441 g/mol. The molecule has 1 aliphatic carbocycles. The molecule has 172 valence electrons. The van der Waals surface area contributed by atoms with Crippen LogP contribution in [0.15, 0.2) is 24.3 Å². The van der Waals surface area contributed by atoms with Gasteiger partial charge < -0.3 is 19.9 Å². The van der Waals surface area contributed by atoms with Crippen LogP contribution in [0.1, 0.15) is 54.4 Å². The van der Waals surface area contributed by atoms with Gasteiger partial charge in [0, 0.05) is 36.9 Å². The highest BCUT2D eigenvalue weighted by molar-refractivity contribution is 5.80. The third kappa shape index (κ3) is 5.62. The minimum Gasteiger partial charge on any atom is -0.467 e. The Balaban J connectivity index is 1.58. The van der Waals surface area contributed by atoms with Crippen LogP contribution in [0, 0.1) is 0 Å². The van der Waals surface area contributed by atoms with E-state index in [1.54, 1.807) is 12.1 Å². The number of nitrogens with zero attached hydrogens (tertiary/aromatic N) is 3. The van der Waals surface area contributed by atoms with Crippen molar-refractivity contribution in [2.45, 2.75) is 44.6 Å². The number of aldehydes is 1. The molecule has 1 saturated carbocycles. The largest absolute Gasteiger partial charge is 0.467 e. The molecule has 1 saturated heterocycles. The van der Waals surface area contributed by atoms with E-state index < -0.39 is 0 Å². The fourth-order valence-electron chi connectivity index (χ4n) is 4.23. The van der Waals surface area contributed by atoms with Gasteiger partial charge in [0.2, 0.25) is 0 Å². The quantitative estimate of drug-likeness (QED) is 0.313. The third-order valence-electron chi connectivity index (χ3n) is 6.01. The molecule has 0 spiro atoms. The lowest BCUT2D eigenvalue weighted by molar-refractivity contribution is 0.0227. The van der Waals surface area contributed by atoms with E-state index in [-0.39, 0.29) is 13.4 Å². The number of aromatic nitrogens is 2. The van der Waals surface area contributed by atoms with Gasteiger partial charge in [-0.15, -0.1) is 10.2 Å². The lowest BCUT2D eigenvalue weighted by Crippen LogP contribution is -2.43. The topological polar surface area (TPSA) is 96.8 Å². The zero-order valence-electron chi connectivity index (χ0n) is 18.6. The van der Waals surface area contributed by atoms with Crippen molar-refractivity contribution in [3.63, 3.8) is 0 Å². The maximum atomic E-state index is 11.3. The van der Waals surface area contributed by atoms with Crippen molar-refractivity contribution < 1.29 is 19.4 Å². The molecule has 2 aromatic rings. The number of piperidine rings is 1. The lowest BCUT2D eigenvalue weighted by atomic mass is 10.0. The van der Waals surface area contributed by atoms with E-state index in [0.29, 0.717) is 36.4 Å². The highest BCUT2D eigenvalue weighted by atomic mass is 16.7. The lowest BCUT2D eigenvalue weighted by Gasteiger charge is -2.32. The number of hydrogen-bond acceptors (Lipinski definition) is 8. The number of carbonyl (C=O) groups excluding carboxylic acids is 1. The number of rotatable bonds is 11. The molecule has 4 rings (SSSR count). The molecule has 1 aliphatic heterocycles. The zero-order chi connectivity index (χ0) is 22.3. The Hall–Kier alpha value is -2.55. The van der Waals surface area contributed by atoms with Crippen molar-refractivity contribution in [1.29, 1.82) is 0 Å². The molecule has 1 aromatic heterocycles. The van der Waals surface area contributed by atoms with Crippen LogP contribution in [0.3, 0.4) is 0 Å². The smallest absolute Gasteiger partial charge is 0.189 e. The molecule has 1 atom stereocenters. The van der Waals surface area contributed by atoms with Crippen LogP contribution in [0.2, 0.25) is 0 Å². The van der Waals surface area contributed by atoms with E-state index in [9.17, 15) is 9.90 Å². The van der Waals surface area contributed by atoms with E-state index in [4.69, 9.17) is 9.47 Å². The van der Waals surface area contributed by atoms with Gasteiger partial charge >= 0.3 is 0 Å². The first-order valence-corrected chi connectivity index (χ1v) is 11.5. The fourth-order valence-corrected chi connectivity index (χ4v) is 4.23. The molecular weight excluding hydrogens is 408 g/mol. The monoisotopic (exact) mass is 440 g/mol. The van der Waals surface area contributed by atoms with Crippen molar-refractivity contribution in [1.82, 2.24) is 15.1 Å². The van der Waals surface area contributed by atoms with E-state index in [2.05, 4.69) is 26.5 Å². The number of carbonyl (C=O) groups is 1. The number of aliphatic hydroxyl groups excluding tert-OH is 1. The van der Waals surface area contributed by atoms with Crippen molar-refractivity contribution in [3.05, 3.63) is 35.4 Å². The second-order valence-electron chi connectivity index (χ2n) is 8.44. The van der Waals surface area contributed by atoms with Gasteiger partial charge in [-0.05, 0) is 68.8 Å². The van der Waals surface area contributed by atoms with Crippen LogP contribution in [0.25, 0.3) is 11.3 Å². The molecule has 0 unspecified atom stereocenters. The van der Waals surface area contributed by atoms with Gasteiger partial charge in [0.15, 0.2) is 6.79 Å². The number of ether oxygens (including phenoxy) is 2. The van der Waals surface area contributed by atoms with E-state index in [0.717, 1.165) is 67.7 Å².